The van der Waals surface area contributed by atoms with Crippen molar-refractivity contribution in [2.24, 2.45) is 5.41 Å². The topological polar surface area (TPSA) is 68.6 Å². The molecule has 138 valence electrons. The maximum atomic E-state index is 12.5. The molecule has 0 bridgehead atoms. The molecule has 2 amide bonds. The number of hydrogen-bond acceptors (Lipinski definition) is 4. The summed E-state index contributed by atoms with van der Waals surface area (Å²) in [6, 6.07) is 10.4. The van der Waals surface area contributed by atoms with Crippen LogP contribution in [0.4, 0.5) is 10.5 Å². The van der Waals surface area contributed by atoms with Crippen LogP contribution in [0.25, 0.3) is 0 Å². The van der Waals surface area contributed by atoms with Gasteiger partial charge < -0.3 is 19.9 Å². The van der Waals surface area contributed by atoms with Gasteiger partial charge in [0.2, 0.25) is 0 Å². The molecule has 3 fully saturated rings. The van der Waals surface area contributed by atoms with Crippen LogP contribution in [0.5, 0.6) is 0 Å². The summed E-state index contributed by atoms with van der Waals surface area (Å²) in [5, 5.41) is 12.3. The highest BCUT2D eigenvalue weighted by Crippen LogP contribution is 2.35. The van der Waals surface area contributed by atoms with Crippen LogP contribution in [-0.4, -0.2) is 56.4 Å². The molecule has 2 saturated heterocycles. The van der Waals surface area contributed by atoms with Crippen molar-refractivity contribution in [3.05, 3.63) is 29.8 Å². The molecular weight excluding hydrogens is 328 g/mol. The minimum atomic E-state index is -0.0434. The monoisotopic (exact) mass is 354 g/mol. The lowest BCUT2D eigenvalue weighted by Gasteiger charge is -2.44. The number of hydrogen-bond donors (Lipinski definition) is 1. The first-order chi connectivity index (χ1) is 12.7. The van der Waals surface area contributed by atoms with Crippen molar-refractivity contribution >= 4 is 11.7 Å². The van der Waals surface area contributed by atoms with Gasteiger partial charge in [-0.25, -0.2) is 4.79 Å². The first kappa shape index (κ1) is 17.2. The van der Waals surface area contributed by atoms with E-state index in [1.807, 2.05) is 23.1 Å². The van der Waals surface area contributed by atoms with E-state index in [1.54, 1.807) is 0 Å². The molecule has 3 aliphatic rings. The maximum absolute atomic E-state index is 12.5. The van der Waals surface area contributed by atoms with Crippen LogP contribution in [0.15, 0.2) is 24.3 Å². The van der Waals surface area contributed by atoms with Crippen molar-refractivity contribution < 1.29 is 9.53 Å². The lowest BCUT2D eigenvalue weighted by atomic mass is 9.80. The van der Waals surface area contributed by atoms with Gasteiger partial charge in [0.1, 0.15) is 0 Å². The summed E-state index contributed by atoms with van der Waals surface area (Å²) in [7, 11) is 0. The Hall–Kier alpha value is -2.26. The summed E-state index contributed by atoms with van der Waals surface area (Å²) in [6.07, 6.45) is 4.29. The number of piperidine rings is 1. The Balaban J connectivity index is 1.50. The molecule has 0 aromatic heterocycles. The van der Waals surface area contributed by atoms with Crippen LogP contribution < -0.4 is 10.2 Å². The van der Waals surface area contributed by atoms with Gasteiger partial charge in [0, 0.05) is 43.3 Å². The van der Waals surface area contributed by atoms with Crippen LogP contribution in [0, 0.1) is 16.7 Å². The first-order valence-corrected chi connectivity index (χ1v) is 9.56. The van der Waals surface area contributed by atoms with Crippen LogP contribution >= 0.6 is 0 Å². The zero-order valence-corrected chi connectivity index (χ0v) is 15.1. The Morgan fingerprint density at radius 3 is 3.00 bits per heavy atom. The smallest absolute Gasteiger partial charge is 0.317 e. The Kier molecular flexibility index (Phi) is 4.73. The van der Waals surface area contributed by atoms with E-state index in [1.165, 1.54) is 0 Å². The number of rotatable bonds is 2. The molecule has 1 aromatic rings. The van der Waals surface area contributed by atoms with Gasteiger partial charge in [-0.15, -0.1) is 0 Å². The molecule has 2 heterocycles. The predicted octanol–water partition coefficient (Wildman–Crippen LogP) is 2.35. The van der Waals surface area contributed by atoms with Crippen molar-refractivity contribution in [2.45, 2.75) is 31.7 Å². The van der Waals surface area contributed by atoms with Crippen LogP contribution in [0.2, 0.25) is 0 Å². The Morgan fingerprint density at radius 1 is 1.31 bits per heavy atom. The lowest BCUT2D eigenvalue weighted by molar-refractivity contribution is 0.0244. The van der Waals surface area contributed by atoms with E-state index in [-0.39, 0.29) is 11.4 Å². The second-order valence-corrected chi connectivity index (χ2v) is 7.89. The van der Waals surface area contributed by atoms with Gasteiger partial charge in [0.15, 0.2) is 0 Å². The van der Waals surface area contributed by atoms with E-state index >= 15 is 0 Å². The second-order valence-electron chi connectivity index (χ2n) is 7.89. The molecule has 1 aliphatic carbocycles. The van der Waals surface area contributed by atoms with Gasteiger partial charge >= 0.3 is 6.03 Å². The number of nitrogens with one attached hydrogen (secondary N) is 1. The van der Waals surface area contributed by atoms with Gasteiger partial charge in [0.05, 0.1) is 24.8 Å². The highest BCUT2D eigenvalue weighted by atomic mass is 16.5. The molecule has 1 N–H and O–H groups in total. The third kappa shape index (κ3) is 3.78. The number of amides is 2. The largest absolute Gasteiger partial charge is 0.379 e. The molecule has 1 aromatic carbocycles. The fourth-order valence-electron chi connectivity index (χ4n) is 4.11. The van der Waals surface area contributed by atoms with E-state index in [2.05, 4.69) is 22.4 Å². The van der Waals surface area contributed by atoms with Crippen molar-refractivity contribution in [3.63, 3.8) is 0 Å². The van der Waals surface area contributed by atoms with Gasteiger partial charge in [-0.05, 0) is 43.9 Å². The number of urea groups is 1. The molecule has 1 unspecified atom stereocenters. The summed E-state index contributed by atoms with van der Waals surface area (Å²) in [6.45, 7) is 4.59. The lowest BCUT2D eigenvalue weighted by Crippen LogP contribution is -2.54. The third-order valence-corrected chi connectivity index (χ3v) is 5.63. The molecule has 1 atom stereocenters. The van der Waals surface area contributed by atoms with Crippen LogP contribution in [0.1, 0.15) is 31.2 Å². The molecule has 1 spiro atoms. The third-order valence-electron chi connectivity index (χ3n) is 5.63. The zero-order chi connectivity index (χ0) is 18.0. The Morgan fingerprint density at radius 2 is 2.19 bits per heavy atom. The van der Waals surface area contributed by atoms with Crippen LogP contribution in [0.3, 0.4) is 0 Å². The summed E-state index contributed by atoms with van der Waals surface area (Å²) >= 11 is 0. The highest BCUT2D eigenvalue weighted by molar-refractivity contribution is 5.75. The van der Waals surface area contributed by atoms with E-state index < -0.39 is 0 Å². The van der Waals surface area contributed by atoms with Gasteiger partial charge in [-0.1, -0.05) is 6.07 Å². The minimum absolute atomic E-state index is 0.0434. The van der Waals surface area contributed by atoms with Crippen LogP contribution in [-0.2, 0) is 4.74 Å². The predicted molar refractivity (Wildman–Crippen MR) is 99.0 cm³/mol. The quantitative estimate of drug-likeness (QED) is 0.885. The van der Waals surface area contributed by atoms with Crippen molar-refractivity contribution in [2.75, 3.05) is 44.3 Å². The van der Waals surface area contributed by atoms with Crippen molar-refractivity contribution in [1.29, 1.82) is 5.26 Å². The first-order valence-electron chi connectivity index (χ1n) is 9.56. The Labute approximate surface area is 154 Å². The number of nitrogens with zero attached hydrogens (tertiary/aromatic N) is 3. The zero-order valence-electron chi connectivity index (χ0n) is 15.1. The molecule has 1 saturated carbocycles. The molecule has 2 aliphatic heterocycles. The molecule has 26 heavy (non-hydrogen) atoms. The van der Waals surface area contributed by atoms with Gasteiger partial charge in [-0.3, -0.25) is 0 Å². The summed E-state index contributed by atoms with van der Waals surface area (Å²) in [5.41, 5.74) is 1.70. The SMILES string of the molecule is N#Cc1cccc(N2CCOCC3(CCCN(C(=O)NC4CC4)C3)C2)c1. The number of carbonyl (C=O) groups excluding carboxylic acids is 1. The van der Waals surface area contributed by atoms with E-state index in [4.69, 9.17) is 4.74 Å². The standard InChI is InChI=1S/C20H26N4O2/c21-12-16-3-1-4-18(11-16)23-9-10-26-15-20(13-23)7-2-8-24(14-20)19(25)22-17-5-6-17/h1,3-4,11,17H,2,5-10,13-15H2,(H,22,25). The molecular formula is C20H26N4O2. The van der Waals surface area contributed by atoms with Gasteiger partial charge in [0.25, 0.3) is 0 Å². The number of likely N-dealkylation sites (tertiary alicyclic amines) is 1. The van der Waals surface area contributed by atoms with Crippen molar-refractivity contribution in [1.82, 2.24) is 10.2 Å². The van der Waals surface area contributed by atoms with E-state index in [0.29, 0.717) is 24.8 Å². The summed E-state index contributed by atoms with van der Waals surface area (Å²) < 4.78 is 5.95. The number of nitriles is 1. The number of benzene rings is 1. The fourth-order valence-corrected chi connectivity index (χ4v) is 4.11. The summed E-state index contributed by atoms with van der Waals surface area (Å²) in [4.78, 5) is 16.8. The summed E-state index contributed by atoms with van der Waals surface area (Å²) in [5.74, 6) is 0. The Bertz CT molecular complexity index is 712. The normalized spacial score (nSPS) is 26.3. The van der Waals surface area contributed by atoms with E-state index in [0.717, 1.165) is 57.5 Å². The number of carbonyl (C=O) groups is 1. The molecule has 0 radical (unpaired) electrons. The minimum Gasteiger partial charge on any atom is -0.379 e. The molecule has 4 rings (SSSR count). The molecule has 6 heteroatoms. The second kappa shape index (κ2) is 7.16. The fraction of sp³-hybridized carbons (Fsp3) is 0.600. The number of ether oxygens (including phenoxy) is 1. The van der Waals surface area contributed by atoms with E-state index in [9.17, 15) is 10.1 Å². The maximum Gasteiger partial charge on any atom is 0.317 e. The average molecular weight is 354 g/mol. The molecule has 6 nitrogen and oxygen atoms in total. The number of anilines is 1. The highest BCUT2D eigenvalue weighted by Gasteiger charge is 2.41. The average Bonchev–Trinajstić information content (AvgIpc) is 3.50. The van der Waals surface area contributed by atoms with Crippen molar-refractivity contribution in [3.8, 4) is 6.07 Å². The van der Waals surface area contributed by atoms with Gasteiger partial charge in [-0.2, -0.15) is 5.26 Å².